The Kier molecular flexibility index (Phi) is 3.32. The smallest absolute Gasteiger partial charge is 0.341 e. The molecule has 1 aliphatic rings. The average Bonchev–Trinajstić information content (AvgIpc) is 3.00. The lowest BCUT2D eigenvalue weighted by Crippen LogP contribution is -2.35. The number of anilines is 1. The molecule has 0 spiro atoms. The highest BCUT2D eigenvalue weighted by molar-refractivity contribution is 5.95. The third-order valence-corrected chi connectivity index (χ3v) is 3.45. The molecule has 0 unspecified atom stereocenters. The number of rotatable bonds is 5. The van der Waals surface area contributed by atoms with Gasteiger partial charge in [0.05, 0.1) is 5.69 Å². The van der Waals surface area contributed by atoms with Crippen molar-refractivity contribution in [3.8, 4) is 0 Å². The van der Waals surface area contributed by atoms with Gasteiger partial charge >= 0.3 is 5.97 Å². The zero-order valence-electron chi connectivity index (χ0n) is 11.5. The van der Waals surface area contributed by atoms with E-state index in [9.17, 15) is 9.90 Å². The van der Waals surface area contributed by atoms with E-state index in [1.54, 1.807) is 11.6 Å². The van der Waals surface area contributed by atoms with Crippen LogP contribution in [0.5, 0.6) is 0 Å². The first-order valence-corrected chi connectivity index (χ1v) is 6.45. The van der Waals surface area contributed by atoms with Crippen LogP contribution in [-0.4, -0.2) is 33.4 Å². The standard InChI is InChI=1S/C13H21N3O2/c1-8(2)16(7-10-5-6-10)12-11(13(17)18)9(3)14-15(12)4/h8,10H,5-7H2,1-4H3,(H,17,18). The lowest BCUT2D eigenvalue weighted by molar-refractivity contribution is 0.0696. The molecule has 2 rings (SSSR count). The molecule has 0 aliphatic heterocycles. The van der Waals surface area contributed by atoms with Crippen molar-refractivity contribution in [3.63, 3.8) is 0 Å². The second kappa shape index (κ2) is 4.63. The highest BCUT2D eigenvalue weighted by Crippen LogP contribution is 2.34. The first-order valence-electron chi connectivity index (χ1n) is 6.45. The highest BCUT2D eigenvalue weighted by atomic mass is 16.4. The molecule has 1 saturated carbocycles. The lowest BCUT2D eigenvalue weighted by atomic mass is 10.2. The number of hydrogen-bond donors (Lipinski definition) is 1. The van der Waals surface area contributed by atoms with E-state index in [2.05, 4.69) is 23.8 Å². The third-order valence-electron chi connectivity index (χ3n) is 3.45. The minimum absolute atomic E-state index is 0.276. The van der Waals surface area contributed by atoms with Crippen LogP contribution in [-0.2, 0) is 7.05 Å². The molecule has 0 bridgehead atoms. The molecule has 100 valence electrons. The first kappa shape index (κ1) is 12.9. The van der Waals surface area contributed by atoms with E-state index in [0.29, 0.717) is 17.2 Å². The van der Waals surface area contributed by atoms with Gasteiger partial charge in [-0.05, 0) is 39.5 Å². The third kappa shape index (κ3) is 2.35. The predicted molar refractivity (Wildman–Crippen MR) is 70.1 cm³/mol. The molecule has 5 heteroatoms. The van der Waals surface area contributed by atoms with Crippen LogP contribution >= 0.6 is 0 Å². The minimum Gasteiger partial charge on any atom is -0.477 e. The van der Waals surface area contributed by atoms with Gasteiger partial charge in [0.1, 0.15) is 11.4 Å². The van der Waals surface area contributed by atoms with Gasteiger partial charge in [0.25, 0.3) is 0 Å². The molecule has 0 aromatic carbocycles. The fourth-order valence-corrected chi connectivity index (χ4v) is 2.35. The normalized spacial score (nSPS) is 15.2. The predicted octanol–water partition coefficient (Wildman–Crippen LogP) is 2.05. The van der Waals surface area contributed by atoms with Gasteiger partial charge in [-0.3, -0.25) is 4.68 Å². The summed E-state index contributed by atoms with van der Waals surface area (Å²) in [7, 11) is 1.82. The Morgan fingerprint density at radius 2 is 2.17 bits per heavy atom. The van der Waals surface area contributed by atoms with Crippen LogP contribution in [0.2, 0.25) is 0 Å². The average molecular weight is 251 g/mol. The van der Waals surface area contributed by atoms with Gasteiger partial charge < -0.3 is 10.0 Å². The molecule has 18 heavy (non-hydrogen) atoms. The van der Waals surface area contributed by atoms with Crippen molar-refractivity contribution in [1.29, 1.82) is 0 Å². The minimum atomic E-state index is -0.892. The van der Waals surface area contributed by atoms with Gasteiger partial charge in [0.15, 0.2) is 0 Å². The topological polar surface area (TPSA) is 58.4 Å². The van der Waals surface area contributed by atoms with Crippen molar-refractivity contribution < 1.29 is 9.90 Å². The molecule has 1 aromatic heterocycles. The Morgan fingerprint density at radius 3 is 2.61 bits per heavy atom. The Hall–Kier alpha value is -1.52. The monoisotopic (exact) mass is 251 g/mol. The van der Waals surface area contributed by atoms with Gasteiger partial charge in [-0.25, -0.2) is 4.79 Å². The SMILES string of the molecule is Cc1nn(C)c(N(CC2CC2)C(C)C)c1C(=O)O. The van der Waals surface area contributed by atoms with E-state index in [1.165, 1.54) is 12.8 Å². The summed E-state index contributed by atoms with van der Waals surface area (Å²) in [6, 6.07) is 0.276. The van der Waals surface area contributed by atoms with Crippen LogP contribution < -0.4 is 4.90 Å². The molecule has 0 atom stereocenters. The molecule has 1 fully saturated rings. The second-order valence-corrected chi connectivity index (χ2v) is 5.40. The summed E-state index contributed by atoms with van der Waals surface area (Å²) in [6.07, 6.45) is 2.50. The van der Waals surface area contributed by atoms with Gasteiger partial charge in [0.2, 0.25) is 0 Å². The van der Waals surface area contributed by atoms with Crippen molar-refractivity contribution in [1.82, 2.24) is 9.78 Å². The van der Waals surface area contributed by atoms with Gasteiger partial charge in [-0.2, -0.15) is 5.10 Å². The number of carboxylic acid groups (broad SMARTS) is 1. The molecule has 0 radical (unpaired) electrons. The number of nitrogens with zero attached hydrogens (tertiary/aromatic N) is 3. The van der Waals surface area contributed by atoms with Crippen LogP contribution in [0.3, 0.4) is 0 Å². The number of carbonyl (C=O) groups is 1. The number of aryl methyl sites for hydroxylation is 2. The van der Waals surface area contributed by atoms with Gasteiger partial charge in [-0.1, -0.05) is 0 Å². The lowest BCUT2D eigenvalue weighted by Gasteiger charge is -2.29. The van der Waals surface area contributed by atoms with Crippen LogP contribution in [0.4, 0.5) is 5.82 Å². The van der Waals surface area contributed by atoms with Crippen LogP contribution in [0.15, 0.2) is 0 Å². The van der Waals surface area contributed by atoms with E-state index in [0.717, 1.165) is 12.4 Å². The zero-order valence-corrected chi connectivity index (χ0v) is 11.5. The summed E-state index contributed by atoms with van der Waals surface area (Å²) in [6.45, 7) is 6.87. The molecule has 5 nitrogen and oxygen atoms in total. The van der Waals surface area contributed by atoms with E-state index in [-0.39, 0.29) is 6.04 Å². The van der Waals surface area contributed by atoms with Crippen molar-refractivity contribution in [2.24, 2.45) is 13.0 Å². The molecular formula is C13H21N3O2. The summed E-state index contributed by atoms with van der Waals surface area (Å²) in [4.78, 5) is 13.6. The number of carboxylic acids is 1. The number of hydrogen-bond acceptors (Lipinski definition) is 3. The Bertz CT molecular complexity index is 461. The summed E-state index contributed by atoms with van der Waals surface area (Å²) in [5, 5.41) is 13.6. The Labute approximate surface area is 107 Å². The van der Waals surface area contributed by atoms with Gasteiger partial charge in [0, 0.05) is 19.6 Å². The molecule has 0 amide bonds. The van der Waals surface area contributed by atoms with Crippen LogP contribution in [0, 0.1) is 12.8 Å². The molecule has 0 saturated heterocycles. The highest BCUT2D eigenvalue weighted by Gasteiger charge is 2.30. The van der Waals surface area contributed by atoms with Crippen molar-refractivity contribution in [3.05, 3.63) is 11.3 Å². The van der Waals surface area contributed by atoms with E-state index in [1.807, 2.05) is 7.05 Å². The number of aromatic carboxylic acids is 1. The van der Waals surface area contributed by atoms with E-state index in [4.69, 9.17) is 0 Å². The van der Waals surface area contributed by atoms with E-state index < -0.39 is 5.97 Å². The largest absolute Gasteiger partial charge is 0.477 e. The van der Waals surface area contributed by atoms with Crippen LogP contribution in [0.25, 0.3) is 0 Å². The van der Waals surface area contributed by atoms with Crippen molar-refractivity contribution >= 4 is 11.8 Å². The molecular weight excluding hydrogens is 230 g/mol. The fraction of sp³-hybridized carbons (Fsp3) is 0.692. The molecule has 1 heterocycles. The maximum atomic E-state index is 11.4. The molecule has 1 aliphatic carbocycles. The zero-order chi connectivity index (χ0) is 13.4. The summed E-state index contributed by atoms with van der Waals surface area (Å²) < 4.78 is 1.70. The maximum Gasteiger partial charge on any atom is 0.341 e. The summed E-state index contributed by atoms with van der Waals surface area (Å²) in [5.41, 5.74) is 0.924. The van der Waals surface area contributed by atoms with Crippen molar-refractivity contribution in [2.45, 2.75) is 39.7 Å². The maximum absolute atomic E-state index is 11.4. The van der Waals surface area contributed by atoms with Crippen molar-refractivity contribution in [2.75, 3.05) is 11.4 Å². The first-order chi connectivity index (χ1) is 8.41. The molecule has 1 N–H and O–H groups in total. The van der Waals surface area contributed by atoms with Crippen LogP contribution in [0.1, 0.15) is 42.7 Å². The summed E-state index contributed by atoms with van der Waals surface area (Å²) >= 11 is 0. The second-order valence-electron chi connectivity index (χ2n) is 5.40. The van der Waals surface area contributed by atoms with E-state index >= 15 is 0 Å². The number of aromatic nitrogens is 2. The quantitative estimate of drug-likeness (QED) is 0.870. The summed E-state index contributed by atoms with van der Waals surface area (Å²) in [5.74, 6) is 0.559. The van der Waals surface area contributed by atoms with Gasteiger partial charge in [-0.15, -0.1) is 0 Å². The Morgan fingerprint density at radius 1 is 1.56 bits per heavy atom. The molecule has 1 aromatic rings. The fourth-order valence-electron chi connectivity index (χ4n) is 2.35. The Balaban J connectivity index is 2.41.